The molecule has 0 saturated heterocycles. The normalized spacial score (nSPS) is 12.5. The summed E-state index contributed by atoms with van der Waals surface area (Å²) in [5.41, 5.74) is 1.67. The minimum Gasteiger partial charge on any atom is -0.497 e. The van der Waals surface area contributed by atoms with Gasteiger partial charge in [-0.05, 0) is 76.2 Å². The molecule has 1 amide bonds. The maximum absolute atomic E-state index is 12.5. The van der Waals surface area contributed by atoms with Gasteiger partial charge in [0.2, 0.25) is 15.9 Å². The van der Waals surface area contributed by atoms with Crippen LogP contribution in [-0.4, -0.2) is 40.1 Å². The Kier molecular flexibility index (Phi) is 7.64. The molecule has 0 heterocycles. The highest BCUT2D eigenvalue weighted by Crippen LogP contribution is 2.20. The van der Waals surface area contributed by atoms with Gasteiger partial charge in [0.25, 0.3) is 0 Å². The molecule has 0 aliphatic carbocycles. The van der Waals surface area contributed by atoms with Crippen LogP contribution in [-0.2, 0) is 14.8 Å². The van der Waals surface area contributed by atoms with Crippen molar-refractivity contribution >= 4 is 27.3 Å². The molecule has 0 unspecified atom stereocenters. The molecule has 0 saturated carbocycles. The minimum absolute atomic E-state index is 0.0654. The Morgan fingerprint density at radius 1 is 1.03 bits per heavy atom. The number of amides is 1. The molecule has 0 aromatic heterocycles. The van der Waals surface area contributed by atoms with Crippen molar-refractivity contribution in [2.45, 2.75) is 44.7 Å². The van der Waals surface area contributed by atoms with Crippen LogP contribution in [0.1, 0.15) is 27.7 Å². The summed E-state index contributed by atoms with van der Waals surface area (Å²) in [4.78, 5) is 14.7. The third-order valence-corrected chi connectivity index (χ3v) is 6.08. The van der Waals surface area contributed by atoms with Crippen molar-refractivity contribution < 1.29 is 17.9 Å². The Balaban J connectivity index is 2.02. The van der Waals surface area contributed by atoms with Gasteiger partial charge in [0.05, 0.1) is 18.0 Å². The van der Waals surface area contributed by atoms with Gasteiger partial charge in [-0.15, -0.1) is 0 Å². The SMILES string of the molecule is CCN(c1ccc(NC(=O)[C@H](C)NS(=O)(=O)c2ccc(OC)cc2)cc1)C(C)C. The zero-order chi connectivity index (χ0) is 21.6. The molecule has 2 rings (SSSR count). The summed E-state index contributed by atoms with van der Waals surface area (Å²) < 4.78 is 32.4. The van der Waals surface area contributed by atoms with Gasteiger partial charge in [0.15, 0.2) is 0 Å². The molecule has 2 aromatic carbocycles. The van der Waals surface area contributed by atoms with Gasteiger partial charge >= 0.3 is 0 Å². The van der Waals surface area contributed by atoms with Crippen LogP contribution in [0.2, 0.25) is 0 Å². The molecule has 7 nitrogen and oxygen atoms in total. The molecule has 0 aliphatic rings. The predicted octanol–water partition coefficient (Wildman–Crippen LogP) is 3.24. The van der Waals surface area contributed by atoms with E-state index in [1.54, 1.807) is 12.1 Å². The second-order valence-electron chi connectivity index (χ2n) is 6.93. The molecule has 8 heteroatoms. The molecule has 0 aliphatic heterocycles. The standard InChI is InChI=1S/C21H29N3O4S/c1-6-24(15(2)3)18-9-7-17(8-10-18)22-21(25)16(4)23-29(26,27)20-13-11-19(28-5)12-14-20/h7-16,23H,6H2,1-5H3,(H,22,25)/t16-/m0/s1. The van der Waals surface area contributed by atoms with Gasteiger partial charge in [0, 0.05) is 24.0 Å². The third kappa shape index (κ3) is 5.95. The molecular formula is C21H29N3O4S. The fourth-order valence-electron chi connectivity index (χ4n) is 2.94. The second kappa shape index (κ2) is 9.76. The largest absolute Gasteiger partial charge is 0.497 e. The highest BCUT2D eigenvalue weighted by atomic mass is 32.2. The third-order valence-electron chi connectivity index (χ3n) is 4.53. The van der Waals surface area contributed by atoms with Crippen molar-refractivity contribution in [3.8, 4) is 5.75 Å². The molecule has 2 N–H and O–H groups in total. The van der Waals surface area contributed by atoms with E-state index in [0.717, 1.165) is 12.2 Å². The van der Waals surface area contributed by atoms with Crippen molar-refractivity contribution in [1.82, 2.24) is 4.72 Å². The van der Waals surface area contributed by atoms with E-state index >= 15 is 0 Å². The zero-order valence-corrected chi connectivity index (χ0v) is 18.3. The number of ether oxygens (including phenoxy) is 1. The highest BCUT2D eigenvalue weighted by molar-refractivity contribution is 7.89. The van der Waals surface area contributed by atoms with Crippen LogP contribution in [0, 0.1) is 0 Å². The maximum atomic E-state index is 12.5. The number of anilines is 2. The number of hydrogen-bond donors (Lipinski definition) is 2. The van der Waals surface area contributed by atoms with Crippen molar-refractivity contribution in [2.75, 3.05) is 23.9 Å². The van der Waals surface area contributed by atoms with Gasteiger partial charge in [-0.25, -0.2) is 8.42 Å². The number of benzene rings is 2. The monoisotopic (exact) mass is 419 g/mol. The first-order chi connectivity index (χ1) is 13.7. The van der Waals surface area contributed by atoms with Crippen molar-refractivity contribution in [3.63, 3.8) is 0 Å². The molecule has 0 bridgehead atoms. The summed E-state index contributed by atoms with van der Waals surface area (Å²) in [5, 5.41) is 2.74. The fraction of sp³-hybridized carbons (Fsp3) is 0.381. The van der Waals surface area contributed by atoms with E-state index in [2.05, 4.69) is 35.7 Å². The molecule has 0 fully saturated rings. The summed E-state index contributed by atoms with van der Waals surface area (Å²) in [5.74, 6) is 0.114. The number of sulfonamides is 1. The van der Waals surface area contributed by atoms with Crippen LogP contribution in [0.3, 0.4) is 0 Å². The molecule has 2 aromatic rings. The summed E-state index contributed by atoms with van der Waals surface area (Å²) in [6.07, 6.45) is 0. The quantitative estimate of drug-likeness (QED) is 0.652. The van der Waals surface area contributed by atoms with Crippen LogP contribution in [0.4, 0.5) is 11.4 Å². The number of nitrogens with zero attached hydrogens (tertiary/aromatic N) is 1. The zero-order valence-electron chi connectivity index (χ0n) is 17.5. The number of hydrogen-bond acceptors (Lipinski definition) is 5. The van der Waals surface area contributed by atoms with E-state index in [0.29, 0.717) is 17.5 Å². The second-order valence-corrected chi connectivity index (χ2v) is 8.65. The number of nitrogens with one attached hydrogen (secondary N) is 2. The van der Waals surface area contributed by atoms with Gasteiger partial charge in [0.1, 0.15) is 5.75 Å². The molecule has 0 spiro atoms. The van der Waals surface area contributed by atoms with Gasteiger partial charge in [-0.1, -0.05) is 0 Å². The Morgan fingerprint density at radius 2 is 1.62 bits per heavy atom. The molecule has 0 radical (unpaired) electrons. The van der Waals surface area contributed by atoms with Gasteiger partial charge in [-0.2, -0.15) is 4.72 Å². The lowest BCUT2D eigenvalue weighted by molar-refractivity contribution is -0.117. The van der Waals surface area contributed by atoms with E-state index < -0.39 is 22.0 Å². The van der Waals surface area contributed by atoms with Crippen molar-refractivity contribution in [1.29, 1.82) is 0 Å². The average molecular weight is 420 g/mol. The average Bonchev–Trinajstić information content (AvgIpc) is 2.69. The fourth-order valence-corrected chi connectivity index (χ4v) is 4.14. The molecule has 29 heavy (non-hydrogen) atoms. The van der Waals surface area contributed by atoms with Crippen LogP contribution < -0.4 is 19.7 Å². The Morgan fingerprint density at radius 3 is 2.10 bits per heavy atom. The van der Waals surface area contributed by atoms with Crippen LogP contribution in [0.15, 0.2) is 53.4 Å². The summed E-state index contributed by atoms with van der Waals surface area (Å²) in [7, 11) is -2.32. The topological polar surface area (TPSA) is 87.7 Å². The van der Waals surface area contributed by atoms with Gasteiger partial charge < -0.3 is 15.0 Å². The van der Waals surface area contributed by atoms with E-state index in [-0.39, 0.29) is 4.90 Å². The predicted molar refractivity (Wildman–Crippen MR) is 116 cm³/mol. The number of rotatable bonds is 9. The Bertz CT molecular complexity index is 910. The lowest BCUT2D eigenvalue weighted by Gasteiger charge is -2.27. The molecule has 1 atom stereocenters. The van der Waals surface area contributed by atoms with Crippen LogP contribution in [0.25, 0.3) is 0 Å². The van der Waals surface area contributed by atoms with Crippen molar-refractivity contribution in [2.24, 2.45) is 0 Å². The highest BCUT2D eigenvalue weighted by Gasteiger charge is 2.22. The Hall–Kier alpha value is -2.58. The van der Waals surface area contributed by atoms with E-state index in [1.165, 1.54) is 26.2 Å². The van der Waals surface area contributed by atoms with E-state index in [1.807, 2.05) is 24.3 Å². The van der Waals surface area contributed by atoms with Crippen molar-refractivity contribution in [3.05, 3.63) is 48.5 Å². The minimum atomic E-state index is -3.83. The number of methoxy groups -OCH3 is 1. The molecule has 158 valence electrons. The molecular weight excluding hydrogens is 390 g/mol. The summed E-state index contributed by atoms with van der Waals surface area (Å²) in [6.45, 7) is 8.72. The number of carbonyl (C=O) groups excluding carboxylic acids is 1. The smallest absolute Gasteiger partial charge is 0.242 e. The first kappa shape index (κ1) is 22.7. The first-order valence-corrected chi connectivity index (χ1v) is 11.0. The van der Waals surface area contributed by atoms with Crippen LogP contribution >= 0.6 is 0 Å². The maximum Gasteiger partial charge on any atom is 0.242 e. The van der Waals surface area contributed by atoms with Crippen LogP contribution in [0.5, 0.6) is 5.75 Å². The number of carbonyl (C=O) groups is 1. The lowest BCUT2D eigenvalue weighted by Crippen LogP contribution is -2.41. The summed E-state index contributed by atoms with van der Waals surface area (Å²) >= 11 is 0. The van der Waals surface area contributed by atoms with E-state index in [9.17, 15) is 13.2 Å². The lowest BCUT2D eigenvalue weighted by atomic mass is 10.2. The van der Waals surface area contributed by atoms with E-state index in [4.69, 9.17) is 4.74 Å². The van der Waals surface area contributed by atoms with Gasteiger partial charge in [-0.3, -0.25) is 4.79 Å². The summed E-state index contributed by atoms with van der Waals surface area (Å²) in [6, 6.07) is 12.9. The first-order valence-electron chi connectivity index (χ1n) is 9.52. The Labute approximate surface area is 173 Å².